The van der Waals surface area contributed by atoms with Crippen LogP contribution in [-0.2, 0) is 0 Å². The van der Waals surface area contributed by atoms with Crippen molar-refractivity contribution < 1.29 is 5.11 Å². The van der Waals surface area contributed by atoms with Gasteiger partial charge in [-0.05, 0) is 42.8 Å². The minimum Gasteiger partial charge on any atom is -0.508 e. The molecular weight excluding hydrogens is 257 g/mol. The van der Waals surface area contributed by atoms with Crippen LogP contribution in [0.2, 0.25) is 10.0 Å². The molecule has 0 spiro atoms. The Labute approximate surface area is 110 Å². The third kappa shape index (κ3) is 2.65. The Morgan fingerprint density at radius 1 is 1.06 bits per heavy atom. The number of aromatic hydroxyl groups is 1. The third-order valence-corrected chi connectivity index (χ3v) is 3.06. The number of hydrogen-bond acceptors (Lipinski definition) is 2. The summed E-state index contributed by atoms with van der Waals surface area (Å²) >= 11 is 12.1. The summed E-state index contributed by atoms with van der Waals surface area (Å²) in [6.07, 6.45) is 0. The average molecular weight is 268 g/mol. The standard InChI is InChI=1S/C13H11Cl2NO/c1-8-7-9(17)5-6-12(8)16-13-10(14)3-2-4-11(13)15/h2-7,16-17H,1H3. The third-order valence-electron chi connectivity index (χ3n) is 2.43. The lowest BCUT2D eigenvalue weighted by molar-refractivity contribution is 0.475. The van der Waals surface area contributed by atoms with Gasteiger partial charge in [0.1, 0.15) is 5.75 Å². The molecule has 0 aliphatic heterocycles. The van der Waals surface area contributed by atoms with E-state index in [-0.39, 0.29) is 5.75 Å². The SMILES string of the molecule is Cc1cc(O)ccc1Nc1c(Cl)cccc1Cl. The second-order valence-electron chi connectivity index (χ2n) is 3.72. The molecule has 0 bridgehead atoms. The Kier molecular flexibility index (Phi) is 3.46. The number of benzene rings is 2. The highest BCUT2D eigenvalue weighted by atomic mass is 35.5. The Balaban J connectivity index is 2.38. The monoisotopic (exact) mass is 267 g/mol. The molecule has 0 aliphatic carbocycles. The van der Waals surface area contributed by atoms with Crippen molar-refractivity contribution in [2.45, 2.75) is 6.92 Å². The molecule has 0 amide bonds. The van der Waals surface area contributed by atoms with Gasteiger partial charge in [0.25, 0.3) is 0 Å². The van der Waals surface area contributed by atoms with Gasteiger partial charge in [0.05, 0.1) is 15.7 Å². The second-order valence-corrected chi connectivity index (χ2v) is 4.54. The maximum atomic E-state index is 9.33. The van der Waals surface area contributed by atoms with Gasteiger partial charge in [-0.1, -0.05) is 29.3 Å². The number of halogens is 2. The first-order valence-corrected chi connectivity index (χ1v) is 5.84. The van der Waals surface area contributed by atoms with Gasteiger partial charge in [-0.15, -0.1) is 0 Å². The van der Waals surface area contributed by atoms with Crippen LogP contribution < -0.4 is 5.32 Å². The van der Waals surface area contributed by atoms with Crippen molar-refractivity contribution in [3.63, 3.8) is 0 Å². The Hall–Kier alpha value is -1.38. The van der Waals surface area contributed by atoms with E-state index < -0.39 is 0 Å². The molecule has 2 aromatic carbocycles. The van der Waals surface area contributed by atoms with Gasteiger partial charge in [0.15, 0.2) is 0 Å². The molecule has 0 unspecified atom stereocenters. The number of rotatable bonds is 2. The Bertz CT molecular complexity index is 535. The summed E-state index contributed by atoms with van der Waals surface area (Å²) in [5.41, 5.74) is 2.45. The Morgan fingerprint density at radius 3 is 2.29 bits per heavy atom. The van der Waals surface area contributed by atoms with Gasteiger partial charge in [-0.25, -0.2) is 0 Å². The van der Waals surface area contributed by atoms with Crippen LogP contribution in [0.5, 0.6) is 5.75 Å². The highest BCUT2D eigenvalue weighted by Gasteiger charge is 2.07. The number of anilines is 2. The molecule has 0 saturated carbocycles. The first kappa shape index (κ1) is 12.1. The molecule has 0 aliphatic rings. The summed E-state index contributed by atoms with van der Waals surface area (Å²) in [6, 6.07) is 10.4. The minimum absolute atomic E-state index is 0.235. The van der Waals surface area contributed by atoms with Gasteiger partial charge in [0, 0.05) is 5.69 Å². The van der Waals surface area contributed by atoms with E-state index in [0.29, 0.717) is 15.7 Å². The summed E-state index contributed by atoms with van der Waals surface area (Å²) in [5.74, 6) is 0.235. The second kappa shape index (κ2) is 4.86. The van der Waals surface area contributed by atoms with Crippen molar-refractivity contribution in [1.29, 1.82) is 0 Å². The first-order chi connectivity index (χ1) is 8.08. The summed E-state index contributed by atoms with van der Waals surface area (Å²) in [5, 5.41) is 13.6. The van der Waals surface area contributed by atoms with Crippen LogP contribution in [0.4, 0.5) is 11.4 Å². The molecule has 2 N–H and O–H groups in total. The van der Waals surface area contributed by atoms with Crippen molar-refractivity contribution in [3.05, 3.63) is 52.0 Å². The molecule has 4 heteroatoms. The van der Waals surface area contributed by atoms with Crippen molar-refractivity contribution in [1.82, 2.24) is 0 Å². The van der Waals surface area contributed by atoms with Gasteiger partial charge in [-0.3, -0.25) is 0 Å². The fourth-order valence-corrected chi connectivity index (χ4v) is 2.03. The zero-order valence-electron chi connectivity index (χ0n) is 9.17. The minimum atomic E-state index is 0.235. The molecule has 2 aromatic rings. The smallest absolute Gasteiger partial charge is 0.115 e. The highest BCUT2D eigenvalue weighted by Crippen LogP contribution is 2.34. The van der Waals surface area contributed by atoms with Gasteiger partial charge < -0.3 is 10.4 Å². The molecule has 0 heterocycles. The normalized spacial score (nSPS) is 10.3. The highest BCUT2D eigenvalue weighted by molar-refractivity contribution is 6.39. The largest absolute Gasteiger partial charge is 0.508 e. The summed E-state index contributed by atoms with van der Waals surface area (Å²) in [6.45, 7) is 1.90. The van der Waals surface area contributed by atoms with Crippen LogP contribution >= 0.6 is 23.2 Å². The van der Waals surface area contributed by atoms with Gasteiger partial charge >= 0.3 is 0 Å². The molecule has 2 nitrogen and oxygen atoms in total. The van der Waals surface area contributed by atoms with Crippen molar-refractivity contribution in [2.75, 3.05) is 5.32 Å². The van der Waals surface area contributed by atoms with Crippen molar-refractivity contribution in [2.24, 2.45) is 0 Å². The molecule has 2 rings (SSSR count). The molecule has 0 saturated heterocycles. The van der Waals surface area contributed by atoms with E-state index in [2.05, 4.69) is 5.32 Å². The van der Waals surface area contributed by atoms with Gasteiger partial charge in [0.2, 0.25) is 0 Å². The lowest BCUT2D eigenvalue weighted by Gasteiger charge is -2.12. The molecule has 0 aromatic heterocycles. The number of hydrogen-bond donors (Lipinski definition) is 2. The van der Waals surface area contributed by atoms with Crippen LogP contribution in [0.1, 0.15) is 5.56 Å². The predicted octanol–water partition coefficient (Wildman–Crippen LogP) is 4.75. The summed E-state index contributed by atoms with van der Waals surface area (Å²) in [7, 11) is 0. The molecule has 88 valence electrons. The lowest BCUT2D eigenvalue weighted by atomic mass is 10.2. The average Bonchev–Trinajstić information content (AvgIpc) is 2.26. The Morgan fingerprint density at radius 2 is 1.71 bits per heavy atom. The number of aryl methyl sites for hydroxylation is 1. The fourth-order valence-electron chi connectivity index (χ4n) is 1.54. The number of nitrogens with one attached hydrogen (secondary N) is 1. The maximum absolute atomic E-state index is 9.33. The molecular formula is C13H11Cl2NO. The first-order valence-electron chi connectivity index (χ1n) is 5.08. The van der Waals surface area contributed by atoms with E-state index in [4.69, 9.17) is 23.2 Å². The van der Waals surface area contributed by atoms with Crippen LogP contribution in [-0.4, -0.2) is 5.11 Å². The van der Waals surface area contributed by atoms with Gasteiger partial charge in [-0.2, -0.15) is 0 Å². The maximum Gasteiger partial charge on any atom is 0.115 e. The van der Waals surface area contributed by atoms with E-state index >= 15 is 0 Å². The van der Waals surface area contributed by atoms with Crippen molar-refractivity contribution in [3.8, 4) is 5.75 Å². The van der Waals surface area contributed by atoms with E-state index in [1.165, 1.54) is 0 Å². The molecule has 17 heavy (non-hydrogen) atoms. The fraction of sp³-hybridized carbons (Fsp3) is 0.0769. The zero-order chi connectivity index (χ0) is 12.4. The predicted molar refractivity (Wildman–Crippen MR) is 72.6 cm³/mol. The van der Waals surface area contributed by atoms with Crippen LogP contribution in [0.25, 0.3) is 0 Å². The van der Waals surface area contributed by atoms with Crippen LogP contribution in [0, 0.1) is 6.92 Å². The summed E-state index contributed by atoms with van der Waals surface area (Å²) in [4.78, 5) is 0. The van der Waals surface area contributed by atoms with E-state index in [0.717, 1.165) is 11.3 Å². The number of phenols is 1. The zero-order valence-corrected chi connectivity index (χ0v) is 10.7. The number of para-hydroxylation sites is 1. The molecule has 0 atom stereocenters. The van der Waals surface area contributed by atoms with Crippen LogP contribution in [0.15, 0.2) is 36.4 Å². The topological polar surface area (TPSA) is 32.3 Å². The number of phenolic OH excluding ortho intramolecular Hbond substituents is 1. The van der Waals surface area contributed by atoms with E-state index in [1.807, 2.05) is 6.92 Å². The van der Waals surface area contributed by atoms with E-state index in [9.17, 15) is 5.11 Å². The summed E-state index contributed by atoms with van der Waals surface area (Å²) < 4.78 is 0. The quantitative estimate of drug-likeness (QED) is 0.770. The molecule has 0 radical (unpaired) electrons. The molecule has 0 fully saturated rings. The van der Waals surface area contributed by atoms with E-state index in [1.54, 1.807) is 36.4 Å². The van der Waals surface area contributed by atoms with Crippen LogP contribution in [0.3, 0.4) is 0 Å². The van der Waals surface area contributed by atoms with Crippen molar-refractivity contribution >= 4 is 34.6 Å². The lowest BCUT2D eigenvalue weighted by Crippen LogP contribution is -1.94.